The predicted molar refractivity (Wildman–Crippen MR) is 99.7 cm³/mol. The molecule has 9 heteroatoms. The van der Waals surface area contributed by atoms with Crippen LogP contribution in [0.4, 0.5) is 5.69 Å². The summed E-state index contributed by atoms with van der Waals surface area (Å²) in [4.78, 5) is 13.0. The number of nitrogens with one attached hydrogen (secondary N) is 1. The van der Waals surface area contributed by atoms with Crippen molar-refractivity contribution in [2.24, 2.45) is 0 Å². The Kier molecular flexibility index (Phi) is 5.57. The molecule has 0 saturated carbocycles. The summed E-state index contributed by atoms with van der Waals surface area (Å²) in [6.07, 6.45) is 1.50. The van der Waals surface area contributed by atoms with Crippen LogP contribution in [0.3, 0.4) is 0 Å². The van der Waals surface area contributed by atoms with Crippen molar-refractivity contribution in [3.63, 3.8) is 0 Å². The Labute approximate surface area is 158 Å². The Morgan fingerprint density at radius 1 is 1.24 bits per heavy atom. The summed E-state index contributed by atoms with van der Waals surface area (Å²) in [7, 11) is 0. The summed E-state index contributed by atoms with van der Waals surface area (Å²) in [5, 5.41) is 15.1. The van der Waals surface area contributed by atoms with Crippen LogP contribution in [0.15, 0.2) is 47.6 Å². The van der Waals surface area contributed by atoms with Gasteiger partial charge in [-0.2, -0.15) is 0 Å². The Balaban J connectivity index is 1.67. The number of amides is 1. The second-order valence-corrected chi connectivity index (χ2v) is 7.03. The first-order valence-electron chi connectivity index (χ1n) is 7.24. The minimum Gasteiger partial charge on any atom is -0.325 e. The highest BCUT2D eigenvalue weighted by molar-refractivity contribution is 8.00. The fourth-order valence-electron chi connectivity index (χ4n) is 2.13. The van der Waals surface area contributed by atoms with Gasteiger partial charge in [0.2, 0.25) is 5.91 Å². The number of tetrazole rings is 1. The molecule has 0 atom stereocenters. The quantitative estimate of drug-likeness (QED) is 0.662. The Morgan fingerprint density at radius 2 is 2.08 bits per heavy atom. The van der Waals surface area contributed by atoms with Crippen molar-refractivity contribution in [3.8, 4) is 5.69 Å². The summed E-state index contributed by atoms with van der Waals surface area (Å²) < 4.78 is 1.55. The number of nitrogens with zero attached hydrogens (tertiary/aromatic N) is 4. The zero-order valence-electron chi connectivity index (χ0n) is 13.1. The molecule has 0 radical (unpaired) electrons. The zero-order valence-corrected chi connectivity index (χ0v) is 15.4. The van der Waals surface area contributed by atoms with Crippen LogP contribution < -0.4 is 5.32 Å². The van der Waals surface area contributed by atoms with Gasteiger partial charge in [-0.25, -0.2) is 4.68 Å². The van der Waals surface area contributed by atoms with Gasteiger partial charge < -0.3 is 5.32 Å². The molecule has 3 rings (SSSR count). The molecule has 0 fully saturated rings. The van der Waals surface area contributed by atoms with E-state index in [2.05, 4.69) is 20.8 Å². The lowest BCUT2D eigenvalue weighted by atomic mass is 10.2. The second kappa shape index (κ2) is 7.86. The minimum absolute atomic E-state index is 0.146. The lowest BCUT2D eigenvalue weighted by Crippen LogP contribution is -2.14. The fourth-order valence-corrected chi connectivity index (χ4v) is 3.43. The van der Waals surface area contributed by atoms with Gasteiger partial charge in [-0.1, -0.05) is 29.3 Å². The van der Waals surface area contributed by atoms with Crippen molar-refractivity contribution in [3.05, 3.63) is 58.3 Å². The smallest absolute Gasteiger partial charge is 0.234 e. The summed E-state index contributed by atoms with van der Waals surface area (Å²) in [6.45, 7) is 1.94. The molecule has 0 aliphatic carbocycles. The van der Waals surface area contributed by atoms with E-state index in [1.54, 1.807) is 22.9 Å². The maximum Gasteiger partial charge on any atom is 0.234 e. The molecule has 0 saturated heterocycles. The van der Waals surface area contributed by atoms with Crippen LogP contribution in [0.2, 0.25) is 10.0 Å². The van der Waals surface area contributed by atoms with E-state index in [1.807, 2.05) is 25.1 Å². The third-order valence-corrected chi connectivity index (χ3v) is 5.07. The fraction of sp³-hybridized carbons (Fsp3) is 0.125. The number of carbonyl (C=O) groups is 1. The van der Waals surface area contributed by atoms with Crippen molar-refractivity contribution in [1.82, 2.24) is 20.2 Å². The molecule has 0 aliphatic rings. The third-order valence-electron chi connectivity index (χ3n) is 3.34. The number of hydrogen-bond acceptors (Lipinski definition) is 5. The van der Waals surface area contributed by atoms with Crippen molar-refractivity contribution in [1.29, 1.82) is 0 Å². The average Bonchev–Trinajstić information content (AvgIpc) is 3.12. The van der Waals surface area contributed by atoms with Gasteiger partial charge in [0.1, 0.15) is 6.33 Å². The number of anilines is 1. The van der Waals surface area contributed by atoms with Crippen molar-refractivity contribution >= 4 is 46.6 Å². The van der Waals surface area contributed by atoms with Gasteiger partial charge in [0, 0.05) is 15.6 Å². The SMILES string of the molecule is Cc1ccc(NC(=O)CSc2cc(Cl)ccc2Cl)cc1-n1cnnn1. The lowest BCUT2D eigenvalue weighted by Gasteiger charge is -2.10. The topological polar surface area (TPSA) is 72.7 Å². The molecule has 0 aliphatic heterocycles. The van der Waals surface area contributed by atoms with Crippen LogP contribution >= 0.6 is 35.0 Å². The molecule has 0 unspecified atom stereocenters. The number of aromatic nitrogens is 4. The first-order valence-corrected chi connectivity index (χ1v) is 8.99. The molecule has 1 aromatic heterocycles. The van der Waals surface area contributed by atoms with E-state index >= 15 is 0 Å². The Bertz CT molecular complexity index is 902. The predicted octanol–water partition coefficient (Wildman–Crippen LogP) is 4.01. The van der Waals surface area contributed by atoms with Crippen molar-refractivity contribution in [2.45, 2.75) is 11.8 Å². The zero-order chi connectivity index (χ0) is 17.8. The molecular weight excluding hydrogens is 381 g/mol. The maximum absolute atomic E-state index is 12.2. The van der Waals surface area contributed by atoms with E-state index in [1.165, 1.54) is 18.1 Å². The molecule has 0 spiro atoms. The monoisotopic (exact) mass is 393 g/mol. The van der Waals surface area contributed by atoms with Crippen LogP contribution in [0.25, 0.3) is 5.69 Å². The first kappa shape index (κ1) is 17.7. The molecular formula is C16H13Cl2N5OS. The highest BCUT2D eigenvalue weighted by Gasteiger charge is 2.09. The van der Waals surface area contributed by atoms with Crippen LogP contribution in [-0.4, -0.2) is 31.9 Å². The maximum atomic E-state index is 12.2. The van der Waals surface area contributed by atoms with Gasteiger partial charge in [-0.05, 0) is 53.2 Å². The molecule has 25 heavy (non-hydrogen) atoms. The van der Waals surface area contributed by atoms with Gasteiger partial charge >= 0.3 is 0 Å². The number of aryl methyl sites for hydroxylation is 1. The number of benzene rings is 2. The van der Waals surface area contributed by atoms with Crippen molar-refractivity contribution in [2.75, 3.05) is 11.1 Å². The van der Waals surface area contributed by atoms with E-state index in [0.717, 1.165) is 16.1 Å². The summed E-state index contributed by atoms with van der Waals surface area (Å²) in [5.74, 6) is 0.0706. The lowest BCUT2D eigenvalue weighted by molar-refractivity contribution is -0.113. The second-order valence-electron chi connectivity index (χ2n) is 5.17. The number of rotatable bonds is 5. The average molecular weight is 394 g/mol. The standard InChI is InChI=1S/C16H13Cl2N5OS/c1-10-2-4-12(7-14(10)23-9-19-21-22-23)20-16(24)8-25-15-6-11(17)3-5-13(15)18/h2-7,9H,8H2,1H3,(H,20,24). The van der Waals surface area contributed by atoms with Crippen LogP contribution in [-0.2, 0) is 4.79 Å². The van der Waals surface area contributed by atoms with Gasteiger partial charge in [0.15, 0.2) is 0 Å². The molecule has 2 aromatic carbocycles. The van der Waals surface area contributed by atoms with Gasteiger partial charge in [-0.15, -0.1) is 16.9 Å². The number of hydrogen-bond donors (Lipinski definition) is 1. The molecule has 1 heterocycles. The molecule has 1 N–H and O–H groups in total. The summed E-state index contributed by atoms with van der Waals surface area (Å²) in [6, 6.07) is 10.7. The highest BCUT2D eigenvalue weighted by atomic mass is 35.5. The van der Waals surface area contributed by atoms with E-state index < -0.39 is 0 Å². The Morgan fingerprint density at radius 3 is 2.84 bits per heavy atom. The van der Waals surface area contributed by atoms with E-state index in [-0.39, 0.29) is 11.7 Å². The minimum atomic E-state index is -0.146. The first-order chi connectivity index (χ1) is 12.0. The van der Waals surface area contributed by atoms with E-state index in [0.29, 0.717) is 15.7 Å². The molecule has 6 nitrogen and oxygen atoms in total. The molecule has 3 aromatic rings. The van der Waals surface area contributed by atoms with E-state index in [4.69, 9.17) is 23.2 Å². The largest absolute Gasteiger partial charge is 0.325 e. The van der Waals surface area contributed by atoms with E-state index in [9.17, 15) is 4.79 Å². The summed E-state index contributed by atoms with van der Waals surface area (Å²) >= 11 is 13.4. The van der Waals surface area contributed by atoms with Crippen LogP contribution in [0.1, 0.15) is 5.56 Å². The molecule has 128 valence electrons. The van der Waals surface area contributed by atoms with Gasteiger partial charge in [0.25, 0.3) is 0 Å². The molecule has 0 bridgehead atoms. The number of thioether (sulfide) groups is 1. The van der Waals surface area contributed by atoms with Crippen molar-refractivity contribution < 1.29 is 4.79 Å². The normalized spacial score (nSPS) is 10.7. The van der Waals surface area contributed by atoms with Gasteiger partial charge in [-0.3, -0.25) is 4.79 Å². The van der Waals surface area contributed by atoms with Crippen LogP contribution in [0, 0.1) is 6.92 Å². The number of carbonyl (C=O) groups excluding carboxylic acids is 1. The number of halogens is 2. The summed E-state index contributed by atoms with van der Waals surface area (Å²) in [5.41, 5.74) is 2.46. The van der Waals surface area contributed by atoms with Crippen LogP contribution in [0.5, 0.6) is 0 Å². The van der Waals surface area contributed by atoms with Gasteiger partial charge in [0.05, 0.1) is 16.5 Å². The molecule has 1 amide bonds. The Hall–Kier alpha value is -2.09. The highest BCUT2D eigenvalue weighted by Crippen LogP contribution is 2.30. The third kappa shape index (κ3) is 4.50.